The fourth-order valence-corrected chi connectivity index (χ4v) is 2.71. The minimum atomic E-state index is 0.0186. The molecule has 0 spiro atoms. The number of aryl methyl sites for hydroxylation is 1. The number of amides is 1. The molecule has 24 heavy (non-hydrogen) atoms. The summed E-state index contributed by atoms with van der Waals surface area (Å²) in [5, 5.41) is 9.23. The molecule has 1 N–H and O–H groups in total. The van der Waals surface area contributed by atoms with Crippen molar-refractivity contribution in [2.24, 2.45) is 0 Å². The van der Waals surface area contributed by atoms with E-state index in [1.165, 1.54) is 6.33 Å². The van der Waals surface area contributed by atoms with E-state index >= 15 is 0 Å². The zero-order chi connectivity index (χ0) is 16.8. The molecule has 3 aromatic rings. The third-order valence-electron chi connectivity index (χ3n) is 3.94. The van der Waals surface area contributed by atoms with Gasteiger partial charge >= 0.3 is 0 Å². The third kappa shape index (κ3) is 3.71. The van der Waals surface area contributed by atoms with Gasteiger partial charge in [0.2, 0.25) is 5.91 Å². The largest absolute Gasteiger partial charge is 0.496 e. The van der Waals surface area contributed by atoms with Gasteiger partial charge in [0.1, 0.15) is 18.4 Å². The lowest BCUT2D eigenvalue weighted by molar-refractivity contribution is -0.121. The van der Waals surface area contributed by atoms with Crippen LogP contribution in [0.1, 0.15) is 18.4 Å². The first kappa shape index (κ1) is 16.0. The van der Waals surface area contributed by atoms with Crippen LogP contribution < -0.4 is 10.1 Å². The van der Waals surface area contributed by atoms with Crippen molar-refractivity contribution in [3.63, 3.8) is 0 Å². The molecule has 0 unspecified atom stereocenters. The predicted molar refractivity (Wildman–Crippen MR) is 91.6 cm³/mol. The third-order valence-corrected chi connectivity index (χ3v) is 3.94. The number of nitrogens with zero attached hydrogens (tertiary/aromatic N) is 3. The van der Waals surface area contributed by atoms with Crippen molar-refractivity contribution in [1.82, 2.24) is 20.1 Å². The van der Waals surface area contributed by atoms with E-state index in [9.17, 15) is 4.79 Å². The smallest absolute Gasteiger partial charge is 0.220 e. The van der Waals surface area contributed by atoms with Gasteiger partial charge in [0.15, 0.2) is 0 Å². The highest BCUT2D eigenvalue weighted by Gasteiger charge is 2.10. The monoisotopic (exact) mass is 324 g/mol. The second-order valence-electron chi connectivity index (χ2n) is 5.51. The van der Waals surface area contributed by atoms with Gasteiger partial charge in [-0.05, 0) is 23.3 Å². The molecule has 0 radical (unpaired) electrons. The molecule has 1 amide bonds. The minimum Gasteiger partial charge on any atom is -0.496 e. The summed E-state index contributed by atoms with van der Waals surface area (Å²) in [6, 6.07) is 12.1. The first-order valence-electron chi connectivity index (χ1n) is 7.91. The maximum atomic E-state index is 12.1. The van der Waals surface area contributed by atoms with Gasteiger partial charge in [-0.2, -0.15) is 5.10 Å². The van der Waals surface area contributed by atoms with Gasteiger partial charge in [0.05, 0.1) is 7.11 Å². The molecule has 2 aromatic carbocycles. The lowest BCUT2D eigenvalue weighted by atomic mass is 10.0. The van der Waals surface area contributed by atoms with Crippen molar-refractivity contribution in [1.29, 1.82) is 0 Å². The normalized spacial score (nSPS) is 10.7. The average molecular weight is 324 g/mol. The topological polar surface area (TPSA) is 69.0 Å². The van der Waals surface area contributed by atoms with E-state index in [1.807, 2.05) is 30.3 Å². The summed E-state index contributed by atoms with van der Waals surface area (Å²) >= 11 is 0. The van der Waals surface area contributed by atoms with Gasteiger partial charge in [-0.3, -0.25) is 9.48 Å². The molecule has 0 saturated carbocycles. The van der Waals surface area contributed by atoms with Gasteiger partial charge in [-0.15, -0.1) is 0 Å². The Morgan fingerprint density at radius 1 is 1.25 bits per heavy atom. The van der Waals surface area contributed by atoms with E-state index < -0.39 is 0 Å². The summed E-state index contributed by atoms with van der Waals surface area (Å²) in [5.41, 5.74) is 1.00. The Kier molecular flexibility index (Phi) is 5.05. The van der Waals surface area contributed by atoms with E-state index in [1.54, 1.807) is 18.1 Å². The Morgan fingerprint density at radius 2 is 2.12 bits per heavy atom. The van der Waals surface area contributed by atoms with Crippen LogP contribution in [-0.2, 0) is 17.9 Å². The van der Waals surface area contributed by atoms with Crippen molar-refractivity contribution < 1.29 is 9.53 Å². The highest BCUT2D eigenvalue weighted by Crippen LogP contribution is 2.27. The minimum absolute atomic E-state index is 0.0186. The lowest BCUT2D eigenvalue weighted by Crippen LogP contribution is -2.23. The SMILES string of the molecule is COc1ccc2ccccc2c1CNC(=O)CCCn1cncn1. The van der Waals surface area contributed by atoms with Gasteiger partial charge in [-0.25, -0.2) is 4.98 Å². The van der Waals surface area contributed by atoms with Crippen molar-refractivity contribution in [3.8, 4) is 5.75 Å². The first-order chi connectivity index (χ1) is 11.8. The van der Waals surface area contributed by atoms with E-state index in [4.69, 9.17) is 4.74 Å². The van der Waals surface area contributed by atoms with Crippen LogP contribution in [0.3, 0.4) is 0 Å². The zero-order valence-electron chi connectivity index (χ0n) is 13.6. The molecule has 0 aliphatic carbocycles. The lowest BCUT2D eigenvalue weighted by Gasteiger charge is -2.13. The molecule has 6 heteroatoms. The number of rotatable bonds is 7. The molecule has 124 valence electrons. The predicted octanol–water partition coefficient (Wildman–Crippen LogP) is 2.54. The van der Waals surface area contributed by atoms with Crippen LogP contribution in [0, 0.1) is 0 Å². The molecule has 0 atom stereocenters. The molecule has 1 aromatic heterocycles. The fraction of sp³-hybridized carbons (Fsp3) is 0.278. The highest BCUT2D eigenvalue weighted by atomic mass is 16.5. The summed E-state index contributed by atoms with van der Waals surface area (Å²) in [7, 11) is 1.65. The molecule has 0 aliphatic rings. The first-order valence-corrected chi connectivity index (χ1v) is 7.91. The summed E-state index contributed by atoms with van der Waals surface area (Å²) in [4.78, 5) is 16.0. The van der Waals surface area contributed by atoms with Gasteiger partial charge in [-0.1, -0.05) is 30.3 Å². The Bertz CT molecular complexity index is 815. The second-order valence-corrected chi connectivity index (χ2v) is 5.51. The number of nitrogens with one attached hydrogen (secondary N) is 1. The van der Waals surface area contributed by atoms with Crippen LogP contribution in [0.4, 0.5) is 0 Å². The molecule has 0 aliphatic heterocycles. The molecular formula is C18H20N4O2. The van der Waals surface area contributed by atoms with Crippen molar-refractivity contribution in [2.45, 2.75) is 25.9 Å². The van der Waals surface area contributed by atoms with Gasteiger partial charge in [0, 0.05) is 25.1 Å². The summed E-state index contributed by atoms with van der Waals surface area (Å²) < 4.78 is 7.17. The maximum absolute atomic E-state index is 12.1. The number of fused-ring (bicyclic) bond motifs is 1. The van der Waals surface area contributed by atoms with Crippen LogP contribution in [0.25, 0.3) is 10.8 Å². The number of carbonyl (C=O) groups excluding carboxylic acids is 1. The standard InChI is InChI=1S/C18H20N4O2/c1-24-17-9-8-14-5-2-3-6-15(14)16(17)11-20-18(23)7-4-10-22-13-19-12-21-22/h2-3,5-6,8-9,12-13H,4,7,10-11H2,1H3,(H,20,23). The summed E-state index contributed by atoms with van der Waals surface area (Å²) in [6.07, 6.45) is 4.32. The Labute approximate surface area is 140 Å². The van der Waals surface area contributed by atoms with E-state index in [2.05, 4.69) is 21.5 Å². The van der Waals surface area contributed by atoms with Crippen LogP contribution in [0.2, 0.25) is 0 Å². The van der Waals surface area contributed by atoms with Crippen LogP contribution >= 0.6 is 0 Å². The molecular weight excluding hydrogens is 304 g/mol. The molecule has 1 heterocycles. The quantitative estimate of drug-likeness (QED) is 0.725. The number of methoxy groups -OCH3 is 1. The molecule has 0 bridgehead atoms. The summed E-state index contributed by atoms with van der Waals surface area (Å²) in [5.74, 6) is 0.807. The number of hydrogen-bond donors (Lipinski definition) is 1. The second kappa shape index (κ2) is 7.59. The molecule has 0 fully saturated rings. The maximum Gasteiger partial charge on any atom is 0.220 e. The Morgan fingerprint density at radius 3 is 2.92 bits per heavy atom. The van der Waals surface area contributed by atoms with Gasteiger partial charge in [0.25, 0.3) is 0 Å². The van der Waals surface area contributed by atoms with E-state index in [0.29, 0.717) is 19.5 Å². The Hall–Kier alpha value is -2.89. The number of hydrogen-bond acceptors (Lipinski definition) is 4. The van der Waals surface area contributed by atoms with Crippen molar-refractivity contribution in [3.05, 3.63) is 54.6 Å². The zero-order valence-corrected chi connectivity index (χ0v) is 13.6. The van der Waals surface area contributed by atoms with Crippen LogP contribution in [0.5, 0.6) is 5.75 Å². The number of ether oxygens (including phenoxy) is 1. The summed E-state index contributed by atoms with van der Waals surface area (Å²) in [6.45, 7) is 1.14. The van der Waals surface area contributed by atoms with Crippen molar-refractivity contribution >= 4 is 16.7 Å². The molecule has 0 saturated heterocycles. The van der Waals surface area contributed by atoms with E-state index in [-0.39, 0.29) is 5.91 Å². The average Bonchev–Trinajstić information content (AvgIpc) is 3.13. The van der Waals surface area contributed by atoms with Gasteiger partial charge < -0.3 is 10.1 Å². The number of aromatic nitrogens is 3. The van der Waals surface area contributed by atoms with Crippen molar-refractivity contribution in [2.75, 3.05) is 7.11 Å². The number of benzene rings is 2. The molecule has 3 rings (SSSR count). The highest BCUT2D eigenvalue weighted by molar-refractivity contribution is 5.88. The van der Waals surface area contributed by atoms with Crippen LogP contribution in [0.15, 0.2) is 49.1 Å². The fourth-order valence-electron chi connectivity index (χ4n) is 2.71. The van der Waals surface area contributed by atoms with E-state index in [0.717, 1.165) is 28.5 Å². The molecule has 6 nitrogen and oxygen atoms in total. The number of carbonyl (C=O) groups is 1. The Balaban J connectivity index is 1.61. The van der Waals surface area contributed by atoms with Crippen LogP contribution in [-0.4, -0.2) is 27.8 Å².